The Morgan fingerprint density at radius 2 is 1.54 bits per heavy atom. The molecule has 0 aromatic heterocycles. The molecule has 2 atom stereocenters. The molecule has 3 aromatic rings. The molecule has 0 bridgehead atoms. The van der Waals surface area contributed by atoms with Crippen molar-refractivity contribution in [3.05, 3.63) is 101 Å². The number of hydrogen-bond donors (Lipinski definition) is 0. The highest BCUT2D eigenvalue weighted by molar-refractivity contribution is 7.86. The summed E-state index contributed by atoms with van der Waals surface area (Å²) >= 11 is 0. The molecule has 144 valence electrons. The minimum atomic E-state index is -3.79. The van der Waals surface area contributed by atoms with Crippen LogP contribution in [0.5, 0.6) is 0 Å². The molecule has 0 N–H and O–H groups in total. The average Bonchev–Trinajstić information content (AvgIpc) is 2.88. The number of aryl methyl sites for hydroxylation is 2. The van der Waals surface area contributed by atoms with Crippen molar-refractivity contribution in [2.24, 2.45) is 0 Å². The number of hydrogen-bond acceptors (Lipinski definition) is 3. The largest absolute Gasteiger partial charge is 0.297 e. The van der Waals surface area contributed by atoms with Gasteiger partial charge < -0.3 is 0 Å². The van der Waals surface area contributed by atoms with Crippen LogP contribution in [-0.2, 0) is 20.7 Å². The predicted octanol–water partition coefficient (Wildman–Crippen LogP) is 5.24. The summed E-state index contributed by atoms with van der Waals surface area (Å²) in [6, 6.07) is 25.5. The molecule has 4 rings (SSSR count). The van der Waals surface area contributed by atoms with Crippen LogP contribution in [0, 0.1) is 6.92 Å². The van der Waals surface area contributed by atoms with Crippen molar-refractivity contribution < 1.29 is 12.6 Å². The number of rotatable bonds is 4. The molecular formula is C24H24O3S. The summed E-state index contributed by atoms with van der Waals surface area (Å²) in [5.74, 6) is 0.123. The first-order chi connectivity index (χ1) is 13.5. The summed E-state index contributed by atoms with van der Waals surface area (Å²) in [5, 5.41) is 0. The van der Waals surface area contributed by atoms with Crippen molar-refractivity contribution >= 4 is 10.1 Å². The van der Waals surface area contributed by atoms with E-state index in [1.54, 1.807) is 24.3 Å². The maximum absolute atomic E-state index is 12.8. The van der Waals surface area contributed by atoms with Gasteiger partial charge in [0, 0.05) is 5.92 Å². The second-order valence-electron chi connectivity index (χ2n) is 7.42. The summed E-state index contributed by atoms with van der Waals surface area (Å²) in [7, 11) is -3.79. The maximum Gasteiger partial charge on any atom is 0.297 e. The van der Waals surface area contributed by atoms with Gasteiger partial charge in [0.05, 0.1) is 11.0 Å². The van der Waals surface area contributed by atoms with Gasteiger partial charge in [0.15, 0.2) is 0 Å². The van der Waals surface area contributed by atoms with Crippen molar-refractivity contribution in [2.75, 3.05) is 0 Å². The molecule has 0 unspecified atom stereocenters. The van der Waals surface area contributed by atoms with Gasteiger partial charge in [-0.15, -0.1) is 0 Å². The van der Waals surface area contributed by atoms with E-state index in [0.717, 1.165) is 12.0 Å². The summed E-state index contributed by atoms with van der Waals surface area (Å²) in [6.45, 7) is 1.93. The molecule has 0 amide bonds. The van der Waals surface area contributed by atoms with Gasteiger partial charge >= 0.3 is 0 Å². The summed E-state index contributed by atoms with van der Waals surface area (Å²) in [6.07, 6.45) is 1.79. The Morgan fingerprint density at radius 3 is 2.29 bits per heavy atom. The van der Waals surface area contributed by atoms with E-state index in [0.29, 0.717) is 12.8 Å². The highest BCUT2D eigenvalue weighted by Gasteiger charge is 2.30. The first-order valence-electron chi connectivity index (χ1n) is 9.65. The van der Waals surface area contributed by atoms with Gasteiger partial charge in [0.2, 0.25) is 0 Å². The van der Waals surface area contributed by atoms with E-state index in [-0.39, 0.29) is 16.9 Å². The summed E-state index contributed by atoms with van der Waals surface area (Å²) < 4.78 is 31.4. The molecule has 1 aliphatic carbocycles. The highest BCUT2D eigenvalue weighted by Crippen LogP contribution is 2.37. The molecular weight excluding hydrogens is 368 g/mol. The normalized spacial score (nSPS) is 19.6. The van der Waals surface area contributed by atoms with Crippen LogP contribution in [0.3, 0.4) is 0 Å². The van der Waals surface area contributed by atoms with Crippen LogP contribution in [0.2, 0.25) is 0 Å². The zero-order valence-electron chi connectivity index (χ0n) is 15.9. The smallest absolute Gasteiger partial charge is 0.263 e. The molecule has 3 nitrogen and oxygen atoms in total. The first kappa shape index (κ1) is 18.9. The van der Waals surface area contributed by atoms with Crippen molar-refractivity contribution in [1.29, 1.82) is 0 Å². The lowest BCUT2D eigenvalue weighted by molar-refractivity contribution is 0.187. The number of benzene rings is 3. The van der Waals surface area contributed by atoms with Crippen molar-refractivity contribution in [1.82, 2.24) is 0 Å². The molecule has 28 heavy (non-hydrogen) atoms. The fourth-order valence-electron chi connectivity index (χ4n) is 3.95. The third-order valence-electron chi connectivity index (χ3n) is 5.44. The molecule has 0 fully saturated rings. The lowest BCUT2D eigenvalue weighted by Crippen LogP contribution is -2.21. The van der Waals surface area contributed by atoms with Gasteiger partial charge in [-0.25, -0.2) is 0 Å². The second kappa shape index (κ2) is 7.90. The molecule has 0 saturated carbocycles. The zero-order chi connectivity index (χ0) is 19.6. The van der Waals surface area contributed by atoms with Gasteiger partial charge in [0.25, 0.3) is 10.1 Å². The fourth-order valence-corrected chi connectivity index (χ4v) is 5.07. The lowest BCUT2D eigenvalue weighted by atomic mass is 9.86. The molecule has 0 aliphatic heterocycles. The standard InChI is InChI=1S/C24H24O3S/c1-18-11-15-22(16-12-18)28(25,26)27-21-14-13-20-9-5-6-10-23(20)24(17-21)19-7-3-2-4-8-19/h2-12,15-16,21,24H,13-14,17H2,1H3/t21-,24-/m1/s1. The Kier molecular flexibility index (Phi) is 5.33. The van der Waals surface area contributed by atoms with Gasteiger partial charge in [-0.2, -0.15) is 8.42 Å². The van der Waals surface area contributed by atoms with E-state index in [1.165, 1.54) is 16.7 Å². The predicted molar refractivity (Wildman–Crippen MR) is 111 cm³/mol. The van der Waals surface area contributed by atoms with Gasteiger partial charge in [-0.1, -0.05) is 72.3 Å². The summed E-state index contributed by atoms with van der Waals surface area (Å²) in [5.41, 5.74) is 4.76. The van der Waals surface area contributed by atoms with Crippen LogP contribution in [0.15, 0.2) is 83.8 Å². The molecule has 0 heterocycles. The van der Waals surface area contributed by atoms with Gasteiger partial charge in [0.1, 0.15) is 0 Å². The van der Waals surface area contributed by atoms with E-state index in [4.69, 9.17) is 4.18 Å². The van der Waals surface area contributed by atoms with Crippen LogP contribution in [0.4, 0.5) is 0 Å². The van der Waals surface area contributed by atoms with Crippen LogP contribution < -0.4 is 0 Å². The van der Waals surface area contributed by atoms with Crippen molar-refractivity contribution in [3.63, 3.8) is 0 Å². The summed E-state index contributed by atoms with van der Waals surface area (Å²) in [4.78, 5) is 0.219. The van der Waals surface area contributed by atoms with Crippen LogP contribution in [0.25, 0.3) is 0 Å². The maximum atomic E-state index is 12.8. The van der Waals surface area contributed by atoms with E-state index >= 15 is 0 Å². The lowest BCUT2D eigenvalue weighted by Gasteiger charge is -2.22. The van der Waals surface area contributed by atoms with E-state index < -0.39 is 10.1 Å². The molecule has 4 heteroatoms. The Labute approximate surface area is 167 Å². The average molecular weight is 393 g/mol. The molecule has 0 saturated heterocycles. The van der Waals surface area contributed by atoms with Crippen LogP contribution in [-0.4, -0.2) is 14.5 Å². The Balaban J connectivity index is 1.64. The van der Waals surface area contributed by atoms with E-state index in [1.807, 2.05) is 31.2 Å². The van der Waals surface area contributed by atoms with E-state index in [9.17, 15) is 8.42 Å². The van der Waals surface area contributed by atoms with Crippen LogP contribution in [0.1, 0.15) is 41.0 Å². The minimum Gasteiger partial charge on any atom is -0.263 e. The van der Waals surface area contributed by atoms with Gasteiger partial charge in [-0.3, -0.25) is 4.18 Å². The second-order valence-corrected chi connectivity index (χ2v) is 8.99. The Hall–Kier alpha value is -2.43. The third-order valence-corrected chi connectivity index (χ3v) is 6.81. The SMILES string of the molecule is Cc1ccc(S(=O)(=O)O[C@@H]2CCc3ccccc3[C@@H](c3ccccc3)C2)cc1. The van der Waals surface area contributed by atoms with Gasteiger partial charge in [-0.05, 0) is 55.0 Å². The number of fused-ring (bicyclic) bond motifs is 1. The molecule has 1 aliphatic rings. The quantitative estimate of drug-likeness (QED) is 0.451. The van der Waals surface area contributed by atoms with Crippen molar-refractivity contribution in [2.45, 2.75) is 43.1 Å². The molecule has 0 radical (unpaired) electrons. The highest BCUT2D eigenvalue weighted by atomic mass is 32.2. The zero-order valence-corrected chi connectivity index (χ0v) is 16.7. The van der Waals surface area contributed by atoms with E-state index in [2.05, 4.69) is 30.3 Å². The van der Waals surface area contributed by atoms with Crippen LogP contribution >= 0.6 is 0 Å². The third kappa shape index (κ3) is 4.03. The van der Waals surface area contributed by atoms with Crippen molar-refractivity contribution in [3.8, 4) is 0 Å². The fraction of sp³-hybridized carbons (Fsp3) is 0.250. The first-order valence-corrected chi connectivity index (χ1v) is 11.1. The molecule has 3 aromatic carbocycles. The Bertz CT molecular complexity index is 1040. The molecule has 0 spiro atoms. The minimum absolute atomic E-state index is 0.123. The monoisotopic (exact) mass is 392 g/mol. The topological polar surface area (TPSA) is 43.4 Å². The Morgan fingerprint density at radius 1 is 0.857 bits per heavy atom.